The Bertz CT molecular complexity index is 248. The molecule has 0 radical (unpaired) electrons. The quantitative estimate of drug-likeness (QED) is 0.673. The summed E-state index contributed by atoms with van der Waals surface area (Å²) in [5.74, 6) is 0. The van der Waals surface area contributed by atoms with Crippen molar-refractivity contribution in [3.63, 3.8) is 0 Å². The summed E-state index contributed by atoms with van der Waals surface area (Å²) < 4.78 is 1.74. The van der Waals surface area contributed by atoms with Crippen molar-refractivity contribution in [1.29, 1.82) is 0 Å². The fraction of sp³-hybridized carbons (Fsp3) is 0.750. The smallest absolute Gasteiger partial charge is 0.110 e. The van der Waals surface area contributed by atoms with E-state index in [4.69, 9.17) is 0 Å². The minimum atomic E-state index is -0.522. The van der Waals surface area contributed by atoms with E-state index in [1.165, 1.54) is 0 Å². The highest BCUT2D eigenvalue weighted by molar-refractivity contribution is 4.99. The monoisotopic (exact) mass is 184 g/mol. The summed E-state index contributed by atoms with van der Waals surface area (Å²) >= 11 is 0. The van der Waals surface area contributed by atoms with Crippen LogP contribution in [-0.4, -0.2) is 33.7 Å². The number of nitrogens with one attached hydrogen (secondary N) is 1. The Hall–Kier alpha value is -0.940. The summed E-state index contributed by atoms with van der Waals surface area (Å²) in [6.07, 6.45) is 2.08. The Morgan fingerprint density at radius 3 is 3.08 bits per heavy atom. The molecule has 13 heavy (non-hydrogen) atoms. The SMILES string of the molecule is CCCn1nncc1C(O)CNC. The molecule has 0 amide bonds. The predicted octanol–water partition coefficient (Wildman–Crippen LogP) is -0.0591. The van der Waals surface area contributed by atoms with Crippen molar-refractivity contribution in [1.82, 2.24) is 20.3 Å². The average Bonchev–Trinajstić information content (AvgIpc) is 2.54. The zero-order valence-electron chi connectivity index (χ0n) is 8.06. The van der Waals surface area contributed by atoms with Crippen molar-refractivity contribution < 1.29 is 5.11 Å². The van der Waals surface area contributed by atoms with Crippen molar-refractivity contribution in [3.05, 3.63) is 11.9 Å². The molecule has 0 spiro atoms. The minimum absolute atomic E-state index is 0.522. The van der Waals surface area contributed by atoms with Gasteiger partial charge in [0.25, 0.3) is 0 Å². The van der Waals surface area contributed by atoms with E-state index in [1.807, 2.05) is 0 Å². The summed E-state index contributed by atoms with van der Waals surface area (Å²) in [4.78, 5) is 0. The van der Waals surface area contributed by atoms with Crippen LogP contribution in [0.1, 0.15) is 25.1 Å². The van der Waals surface area contributed by atoms with Crippen LogP contribution in [0.15, 0.2) is 6.20 Å². The lowest BCUT2D eigenvalue weighted by atomic mass is 10.2. The summed E-state index contributed by atoms with van der Waals surface area (Å²) in [6, 6.07) is 0. The molecular weight excluding hydrogens is 168 g/mol. The van der Waals surface area contributed by atoms with E-state index in [2.05, 4.69) is 22.6 Å². The van der Waals surface area contributed by atoms with Gasteiger partial charge in [-0.15, -0.1) is 5.10 Å². The Morgan fingerprint density at radius 1 is 1.69 bits per heavy atom. The molecule has 0 aliphatic heterocycles. The number of likely N-dealkylation sites (N-methyl/N-ethyl adjacent to an activating group) is 1. The van der Waals surface area contributed by atoms with Crippen LogP contribution in [0.5, 0.6) is 0 Å². The summed E-state index contributed by atoms with van der Waals surface area (Å²) in [6.45, 7) is 3.39. The first-order valence-corrected chi connectivity index (χ1v) is 4.50. The molecule has 2 N–H and O–H groups in total. The zero-order valence-corrected chi connectivity index (χ0v) is 8.06. The molecule has 74 valence electrons. The molecule has 1 atom stereocenters. The molecule has 0 fully saturated rings. The lowest BCUT2D eigenvalue weighted by molar-refractivity contribution is 0.166. The highest BCUT2D eigenvalue weighted by atomic mass is 16.3. The Kier molecular flexibility index (Phi) is 3.85. The fourth-order valence-corrected chi connectivity index (χ4v) is 1.21. The number of aromatic nitrogens is 3. The van der Waals surface area contributed by atoms with Gasteiger partial charge in [0.05, 0.1) is 11.9 Å². The molecule has 1 heterocycles. The van der Waals surface area contributed by atoms with Crippen LogP contribution in [0.3, 0.4) is 0 Å². The van der Waals surface area contributed by atoms with Gasteiger partial charge in [-0.3, -0.25) is 0 Å². The zero-order chi connectivity index (χ0) is 9.68. The number of hydrogen-bond donors (Lipinski definition) is 2. The lowest BCUT2D eigenvalue weighted by Crippen LogP contribution is -2.19. The van der Waals surface area contributed by atoms with Gasteiger partial charge in [0.15, 0.2) is 0 Å². The third-order valence-corrected chi connectivity index (χ3v) is 1.82. The highest BCUT2D eigenvalue weighted by Gasteiger charge is 2.12. The summed E-state index contributed by atoms with van der Waals surface area (Å²) in [7, 11) is 1.80. The molecule has 0 aliphatic carbocycles. The number of rotatable bonds is 5. The third kappa shape index (κ3) is 2.50. The molecule has 0 saturated heterocycles. The van der Waals surface area contributed by atoms with Crippen LogP contribution in [0.25, 0.3) is 0 Å². The second kappa shape index (κ2) is 4.94. The highest BCUT2D eigenvalue weighted by Crippen LogP contribution is 2.09. The molecule has 0 aromatic carbocycles. The average molecular weight is 184 g/mol. The number of nitrogens with zero attached hydrogens (tertiary/aromatic N) is 3. The molecule has 1 aromatic rings. The van der Waals surface area contributed by atoms with Gasteiger partial charge in [0.1, 0.15) is 6.10 Å². The minimum Gasteiger partial charge on any atom is -0.385 e. The number of aryl methyl sites for hydroxylation is 1. The van der Waals surface area contributed by atoms with E-state index in [-0.39, 0.29) is 0 Å². The molecule has 5 heteroatoms. The maximum Gasteiger partial charge on any atom is 0.110 e. The predicted molar refractivity (Wildman–Crippen MR) is 49.2 cm³/mol. The van der Waals surface area contributed by atoms with Crippen LogP contribution in [0.2, 0.25) is 0 Å². The maximum absolute atomic E-state index is 9.65. The van der Waals surface area contributed by atoms with Crippen molar-refractivity contribution >= 4 is 0 Å². The number of aliphatic hydroxyl groups is 1. The number of hydrogen-bond acceptors (Lipinski definition) is 4. The Balaban J connectivity index is 2.68. The fourth-order valence-electron chi connectivity index (χ4n) is 1.21. The molecule has 5 nitrogen and oxygen atoms in total. The van der Waals surface area contributed by atoms with Gasteiger partial charge in [-0.1, -0.05) is 12.1 Å². The van der Waals surface area contributed by atoms with Gasteiger partial charge in [-0.05, 0) is 13.5 Å². The van der Waals surface area contributed by atoms with Gasteiger partial charge >= 0.3 is 0 Å². The second-order valence-electron chi connectivity index (χ2n) is 2.96. The largest absolute Gasteiger partial charge is 0.385 e. The molecular formula is C8H16N4O. The number of aliphatic hydroxyl groups excluding tert-OH is 1. The van der Waals surface area contributed by atoms with Gasteiger partial charge < -0.3 is 10.4 Å². The van der Waals surface area contributed by atoms with Gasteiger partial charge in [0.2, 0.25) is 0 Å². The van der Waals surface area contributed by atoms with Crippen molar-refractivity contribution in [3.8, 4) is 0 Å². The van der Waals surface area contributed by atoms with Crippen LogP contribution < -0.4 is 5.32 Å². The molecule has 0 saturated carbocycles. The Morgan fingerprint density at radius 2 is 2.46 bits per heavy atom. The van der Waals surface area contributed by atoms with E-state index in [0.29, 0.717) is 6.54 Å². The molecule has 1 aromatic heterocycles. The van der Waals surface area contributed by atoms with Crippen LogP contribution in [-0.2, 0) is 6.54 Å². The normalized spacial score (nSPS) is 13.2. The summed E-state index contributed by atoms with van der Waals surface area (Å²) in [5, 5.41) is 20.2. The molecule has 0 aliphatic rings. The van der Waals surface area contributed by atoms with E-state index in [9.17, 15) is 5.11 Å². The van der Waals surface area contributed by atoms with E-state index < -0.39 is 6.10 Å². The molecule has 1 rings (SSSR count). The van der Waals surface area contributed by atoms with Crippen molar-refractivity contribution in [2.24, 2.45) is 0 Å². The van der Waals surface area contributed by atoms with Gasteiger partial charge in [-0.2, -0.15) is 0 Å². The topological polar surface area (TPSA) is 63.0 Å². The first-order valence-electron chi connectivity index (χ1n) is 4.50. The van der Waals surface area contributed by atoms with E-state index >= 15 is 0 Å². The molecule has 0 bridgehead atoms. The van der Waals surface area contributed by atoms with Crippen LogP contribution >= 0.6 is 0 Å². The third-order valence-electron chi connectivity index (χ3n) is 1.82. The van der Waals surface area contributed by atoms with Crippen molar-refractivity contribution in [2.45, 2.75) is 26.0 Å². The van der Waals surface area contributed by atoms with Crippen molar-refractivity contribution in [2.75, 3.05) is 13.6 Å². The second-order valence-corrected chi connectivity index (χ2v) is 2.96. The maximum atomic E-state index is 9.65. The van der Waals surface area contributed by atoms with E-state index in [0.717, 1.165) is 18.7 Å². The van der Waals surface area contributed by atoms with Gasteiger partial charge in [0, 0.05) is 13.1 Å². The molecule has 1 unspecified atom stereocenters. The van der Waals surface area contributed by atoms with E-state index in [1.54, 1.807) is 17.9 Å². The van der Waals surface area contributed by atoms with Crippen LogP contribution in [0.4, 0.5) is 0 Å². The Labute approximate surface area is 77.8 Å². The van der Waals surface area contributed by atoms with Crippen LogP contribution in [0, 0.1) is 0 Å². The first-order chi connectivity index (χ1) is 6.29. The van der Waals surface area contributed by atoms with Gasteiger partial charge in [-0.25, -0.2) is 4.68 Å². The summed E-state index contributed by atoms with van der Waals surface area (Å²) in [5.41, 5.74) is 0.774. The lowest BCUT2D eigenvalue weighted by Gasteiger charge is -2.10. The first kappa shape index (κ1) is 10.1. The standard InChI is InChI=1S/C8H16N4O/c1-3-4-12-7(5-10-11-12)8(13)6-9-2/h5,8-9,13H,3-4,6H2,1-2H3.